The minimum absolute atomic E-state index is 0.0685. The quantitative estimate of drug-likeness (QED) is 0.749. The number of hydrogen-bond donors (Lipinski definition) is 1. The largest absolute Gasteiger partial charge is 0.493 e. The van der Waals surface area contributed by atoms with Crippen molar-refractivity contribution >= 4 is 17.5 Å². The Kier molecular flexibility index (Phi) is 7.15. The van der Waals surface area contributed by atoms with Crippen molar-refractivity contribution in [1.82, 2.24) is 5.32 Å². The lowest BCUT2D eigenvalue weighted by atomic mass is 10.1. The van der Waals surface area contributed by atoms with Crippen molar-refractivity contribution in [3.8, 4) is 17.2 Å². The van der Waals surface area contributed by atoms with Crippen molar-refractivity contribution in [3.63, 3.8) is 0 Å². The van der Waals surface area contributed by atoms with Crippen LogP contribution in [0.1, 0.15) is 30.1 Å². The Labute approximate surface area is 130 Å². The van der Waals surface area contributed by atoms with E-state index in [2.05, 4.69) is 12.2 Å². The number of nitrogens with one attached hydrogen (secondary N) is 1. The second-order valence-electron chi connectivity index (χ2n) is 4.51. The monoisotopic (exact) mass is 315 g/mol. The molecule has 1 N–H and O–H groups in total. The van der Waals surface area contributed by atoms with Crippen LogP contribution in [0.3, 0.4) is 0 Å². The lowest BCUT2D eigenvalue weighted by Gasteiger charge is -2.14. The summed E-state index contributed by atoms with van der Waals surface area (Å²) >= 11 is 6.09. The third-order valence-corrected chi connectivity index (χ3v) is 3.39. The number of methoxy groups -OCH3 is 3. The van der Waals surface area contributed by atoms with E-state index in [9.17, 15) is 4.79 Å². The maximum Gasteiger partial charge on any atom is 0.251 e. The van der Waals surface area contributed by atoms with Crippen LogP contribution in [-0.4, -0.2) is 39.2 Å². The van der Waals surface area contributed by atoms with E-state index in [-0.39, 0.29) is 11.3 Å². The van der Waals surface area contributed by atoms with Gasteiger partial charge in [0.1, 0.15) is 0 Å². The molecule has 1 unspecified atom stereocenters. The zero-order valence-electron chi connectivity index (χ0n) is 12.9. The summed E-state index contributed by atoms with van der Waals surface area (Å²) in [6.07, 6.45) is 1.84. The Morgan fingerprint density at radius 1 is 1.19 bits per heavy atom. The van der Waals surface area contributed by atoms with E-state index >= 15 is 0 Å². The van der Waals surface area contributed by atoms with Gasteiger partial charge in [0.15, 0.2) is 11.5 Å². The Bertz CT molecular complexity index is 454. The first-order chi connectivity index (χ1) is 10.1. The fourth-order valence-electron chi connectivity index (χ4n) is 1.93. The van der Waals surface area contributed by atoms with Crippen molar-refractivity contribution in [1.29, 1.82) is 0 Å². The van der Waals surface area contributed by atoms with Gasteiger partial charge >= 0.3 is 0 Å². The van der Waals surface area contributed by atoms with Crippen LogP contribution in [0.2, 0.25) is 0 Å². The normalized spacial score (nSPS) is 11.7. The van der Waals surface area contributed by atoms with Crippen molar-refractivity contribution in [3.05, 3.63) is 17.7 Å². The summed E-state index contributed by atoms with van der Waals surface area (Å²) in [5, 5.41) is 2.73. The van der Waals surface area contributed by atoms with Crippen LogP contribution in [0.4, 0.5) is 0 Å². The average Bonchev–Trinajstić information content (AvgIpc) is 2.51. The van der Waals surface area contributed by atoms with Crippen LogP contribution in [0.25, 0.3) is 0 Å². The average molecular weight is 316 g/mol. The highest BCUT2D eigenvalue weighted by Gasteiger charge is 2.17. The van der Waals surface area contributed by atoms with Crippen LogP contribution in [0, 0.1) is 0 Å². The van der Waals surface area contributed by atoms with Gasteiger partial charge in [-0.3, -0.25) is 4.79 Å². The van der Waals surface area contributed by atoms with Gasteiger partial charge in [-0.2, -0.15) is 0 Å². The molecule has 6 heteroatoms. The highest BCUT2D eigenvalue weighted by molar-refractivity contribution is 6.20. The second kappa shape index (κ2) is 8.62. The zero-order valence-corrected chi connectivity index (χ0v) is 13.6. The predicted octanol–water partition coefficient (Wildman–Crippen LogP) is 2.85. The topological polar surface area (TPSA) is 56.8 Å². The first-order valence-electron chi connectivity index (χ1n) is 6.79. The molecule has 0 aliphatic carbocycles. The van der Waals surface area contributed by atoms with E-state index in [1.807, 2.05) is 0 Å². The molecule has 1 aromatic rings. The molecule has 0 spiro atoms. The molecule has 0 bridgehead atoms. The fourth-order valence-corrected chi connectivity index (χ4v) is 2.23. The Morgan fingerprint density at radius 2 is 1.76 bits per heavy atom. The molecule has 0 aliphatic heterocycles. The SMILES string of the molecule is CCCC(Cl)CNC(=O)c1cc(OC)c(OC)c(OC)c1. The maximum atomic E-state index is 12.2. The smallest absolute Gasteiger partial charge is 0.251 e. The number of halogens is 1. The summed E-state index contributed by atoms with van der Waals surface area (Å²) in [5.74, 6) is 1.12. The Morgan fingerprint density at radius 3 is 2.19 bits per heavy atom. The summed E-state index contributed by atoms with van der Waals surface area (Å²) in [4.78, 5) is 12.2. The molecule has 0 aromatic heterocycles. The molecular formula is C15H22ClNO4. The fraction of sp³-hybridized carbons (Fsp3) is 0.533. The third-order valence-electron chi connectivity index (χ3n) is 3.01. The van der Waals surface area contributed by atoms with E-state index in [4.69, 9.17) is 25.8 Å². The van der Waals surface area contributed by atoms with Gasteiger partial charge in [-0.15, -0.1) is 11.6 Å². The third kappa shape index (κ3) is 4.70. The lowest BCUT2D eigenvalue weighted by Crippen LogP contribution is -2.29. The number of ether oxygens (including phenoxy) is 3. The van der Waals surface area contributed by atoms with Crippen LogP contribution in [-0.2, 0) is 0 Å². The molecule has 0 saturated heterocycles. The molecule has 1 atom stereocenters. The van der Waals surface area contributed by atoms with Crippen molar-refractivity contribution in [2.24, 2.45) is 0 Å². The van der Waals surface area contributed by atoms with Gasteiger partial charge in [0.2, 0.25) is 5.75 Å². The second-order valence-corrected chi connectivity index (χ2v) is 5.13. The van der Waals surface area contributed by atoms with Crippen molar-refractivity contribution in [2.45, 2.75) is 25.1 Å². The number of hydrogen-bond acceptors (Lipinski definition) is 4. The summed E-state index contributed by atoms with van der Waals surface area (Å²) in [7, 11) is 4.53. The van der Waals surface area contributed by atoms with E-state index in [1.54, 1.807) is 12.1 Å². The van der Waals surface area contributed by atoms with E-state index in [1.165, 1.54) is 21.3 Å². The van der Waals surface area contributed by atoms with Gasteiger partial charge < -0.3 is 19.5 Å². The molecular weight excluding hydrogens is 294 g/mol. The maximum absolute atomic E-state index is 12.2. The molecule has 1 rings (SSSR count). The van der Waals surface area contributed by atoms with Crippen molar-refractivity contribution < 1.29 is 19.0 Å². The molecule has 118 valence electrons. The molecule has 0 radical (unpaired) electrons. The molecule has 0 aliphatic rings. The molecule has 0 heterocycles. The van der Waals surface area contributed by atoms with Crippen molar-refractivity contribution in [2.75, 3.05) is 27.9 Å². The highest BCUT2D eigenvalue weighted by Crippen LogP contribution is 2.38. The van der Waals surface area contributed by atoms with Gasteiger partial charge in [-0.1, -0.05) is 13.3 Å². The molecule has 1 aromatic carbocycles. The first kappa shape index (κ1) is 17.4. The number of rotatable bonds is 8. The highest BCUT2D eigenvalue weighted by atomic mass is 35.5. The summed E-state index contributed by atoms with van der Waals surface area (Å²) in [6.45, 7) is 2.47. The van der Waals surface area contributed by atoms with E-state index in [0.29, 0.717) is 29.4 Å². The van der Waals surface area contributed by atoms with Gasteiger partial charge in [0.25, 0.3) is 5.91 Å². The molecule has 5 nitrogen and oxygen atoms in total. The minimum Gasteiger partial charge on any atom is -0.493 e. The summed E-state index contributed by atoms with van der Waals surface area (Å²) in [5.41, 5.74) is 0.435. The van der Waals surface area contributed by atoms with E-state index in [0.717, 1.165) is 12.8 Å². The number of alkyl halides is 1. The predicted molar refractivity (Wildman–Crippen MR) is 83.0 cm³/mol. The standard InChI is InChI=1S/C15H22ClNO4/c1-5-6-11(16)9-17-15(18)10-7-12(19-2)14(21-4)13(8-10)20-3/h7-8,11H,5-6,9H2,1-4H3,(H,17,18). The van der Waals surface area contributed by atoms with Crippen LogP contribution in [0.15, 0.2) is 12.1 Å². The van der Waals surface area contributed by atoms with Crippen LogP contribution in [0.5, 0.6) is 17.2 Å². The summed E-state index contributed by atoms with van der Waals surface area (Å²) in [6, 6.07) is 3.22. The van der Waals surface area contributed by atoms with Gasteiger partial charge in [-0.25, -0.2) is 0 Å². The number of amides is 1. The van der Waals surface area contributed by atoms with Crippen LogP contribution < -0.4 is 19.5 Å². The minimum atomic E-state index is -0.226. The summed E-state index contributed by atoms with van der Waals surface area (Å²) < 4.78 is 15.7. The van der Waals surface area contributed by atoms with Gasteiger partial charge in [0, 0.05) is 12.1 Å². The molecule has 21 heavy (non-hydrogen) atoms. The molecule has 0 fully saturated rings. The van der Waals surface area contributed by atoms with Gasteiger partial charge in [-0.05, 0) is 18.6 Å². The number of benzene rings is 1. The Balaban J connectivity index is 2.89. The van der Waals surface area contributed by atoms with Gasteiger partial charge in [0.05, 0.1) is 26.7 Å². The van der Waals surface area contributed by atoms with E-state index < -0.39 is 0 Å². The number of carbonyl (C=O) groups is 1. The Hall–Kier alpha value is -1.62. The molecule has 0 saturated carbocycles. The number of carbonyl (C=O) groups excluding carboxylic acids is 1. The van der Waals surface area contributed by atoms with Crippen LogP contribution >= 0.6 is 11.6 Å². The molecule has 1 amide bonds. The zero-order chi connectivity index (χ0) is 15.8. The first-order valence-corrected chi connectivity index (χ1v) is 7.23. The lowest BCUT2D eigenvalue weighted by molar-refractivity contribution is 0.0952.